The number of aromatic nitrogens is 2. The van der Waals surface area contributed by atoms with E-state index in [4.69, 9.17) is 0 Å². The van der Waals surface area contributed by atoms with Gasteiger partial charge in [0.2, 0.25) is 5.91 Å². The Kier molecular flexibility index (Phi) is 4.63. The van der Waals surface area contributed by atoms with Crippen molar-refractivity contribution in [3.8, 4) is 0 Å². The summed E-state index contributed by atoms with van der Waals surface area (Å²) in [6.07, 6.45) is 2.29. The summed E-state index contributed by atoms with van der Waals surface area (Å²) < 4.78 is 0. The number of amides is 2. The van der Waals surface area contributed by atoms with Crippen LogP contribution in [0.4, 0.5) is 0 Å². The average Bonchev–Trinajstić information content (AvgIpc) is 3.10. The van der Waals surface area contributed by atoms with Crippen molar-refractivity contribution in [2.24, 2.45) is 5.92 Å². The SMILES string of the molecule is CNCCN1C(=O)CC[C@H]2CN(C(=O)c3n[nH]c4ccccc34)CC[C@H]21. The molecule has 138 valence electrons. The number of carbonyl (C=O) groups is 2. The maximum atomic E-state index is 13.0. The van der Waals surface area contributed by atoms with E-state index in [1.165, 1.54) is 0 Å². The summed E-state index contributed by atoms with van der Waals surface area (Å²) in [5, 5.41) is 11.2. The predicted octanol–water partition coefficient (Wildman–Crippen LogP) is 1.24. The maximum absolute atomic E-state index is 13.0. The molecule has 2 atom stereocenters. The molecule has 3 heterocycles. The Balaban J connectivity index is 1.49. The lowest BCUT2D eigenvalue weighted by Crippen LogP contribution is -2.57. The summed E-state index contributed by atoms with van der Waals surface area (Å²) in [5.41, 5.74) is 1.38. The van der Waals surface area contributed by atoms with Gasteiger partial charge in [-0.2, -0.15) is 5.10 Å². The molecule has 0 spiro atoms. The summed E-state index contributed by atoms with van der Waals surface area (Å²) in [5.74, 6) is 0.589. The quantitative estimate of drug-likeness (QED) is 0.864. The van der Waals surface area contributed by atoms with Gasteiger partial charge in [-0.1, -0.05) is 18.2 Å². The van der Waals surface area contributed by atoms with Gasteiger partial charge in [0, 0.05) is 44.0 Å². The molecule has 1 aromatic carbocycles. The molecule has 7 heteroatoms. The largest absolute Gasteiger partial charge is 0.338 e. The first-order valence-electron chi connectivity index (χ1n) is 9.35. The lowest BCUT2D eigenvalue weighted by Gasteiger charge is -2.47. The number of H-pyrrole nitrogens is 1. The summed E-state index contributed by atoms with van der Waals surface area (Å²) >= 11 is 0. The highest BCUT2D eigenvalue weighted by atomic mass is 16.2. The fraction of sp³-hybridized carbons (Fsp3) is 0.526. The van der Waals surface area contributed by atoms with E-state index in [1.54, 1.807) is 0 Å². The van der Waals surface area contributed by atoms with Gasteiger partial charge in [-0.15, -0.1) is 0 Å². The van der Waals surface area contributed by atoms with Gasteiger partial charge < -0.3 is 15.1 Å². The number of nitrogens with one attached hydrogen (secondary N) is 2. The van der Waals surface area contributed by atoms with Gasteiger partial charge in [0.25, 0.3) is 5.91 Å². The molecule has 0 aliphatic carbocycles. The van der Waals surface area contributed by atoms with E-state index in [9.17, 15) is 9.59 Å². The van der Waals surface area contributed by atoms with Gasteiger partial charge in [-0.3, -0.25) is 14.7 Å². The minimum Gasteiger partial charge on any atom is -0.338 e. The van der Waals surface area contributed by atoms with Crippen molar-refractivity contribution in [2.45, 2.75) is 25.3 Å². The number of para-hydroxylation sites is 1. The van der Waals surface area contributed by atoms with E-state index in [1.807, 2.05) is 41.1 Å². The minimum absolute atomic E-state index is 0.0143. The molecule has 2 aliphatic heterocycles. The summed E-state index contributed by atoms with van der Waals surface area (Å²) in [6, 6.07) is 7.96. The Morgan fingerprint density at radius 1 is 1.35 bits per heavy atom. The Morgan fingerprint density at radius 2 is 2.19 bits per heavy atom. The zero-order chi connectivity index (χ0) is 18.1. The van der Waals surface area contributed by atoms with Crippen LogP contribution < -0.4 is 5.32 Å². The first kappa shape index (κ1) is 17.0. The van der Waals surface area contributed by atoms with Crippen LogP contribution in [-0.4, -0.2) is 71.1 Å². The first-order chi connectivity index (χ1) is 12.7. The molecule has 1 aromatic heterocycles. The first-order valence-corrected chi connectivity index (χ1v) is 9.35. The van der Waals surface area contributed by atoms with Gasteiger partial charge >= 0.3 is 0 Å². The molecule has 0 saturated carbocycles. The highest BCUT2D eigenvalue weighted by Gasteiger charge is 2.40. The molecule has 2 aliphatic rings. The highest BCUT2D eigenvalue weighted by molar-refractivity contribution is 6.04. The van der Waals surface area contributed by atoms with Crippen molar-refractivity contribution < 1.29 is 9.59 Å². The third-order valence-corrected chi connectivity index (χ3v) is 5.71. The smallest absolute Gasteiger partial charge is 0.275 e. The molecule has 4 rings (SSSR count). The average molecular weight is 355 g/mol. The summed E-state index contributed by atoms with van der Waals surface area (Å²) in [6.45, 7) is 2.92. The van der Waals surface area contributed by atoms with Gasteiger partial charge in [0.1, 0.15) is 0 Å². The van der Waals surface area contributed by atoms with Crippen molar-refractivity contribution >= 4 is 22.7 Å². The van der Waals surface area contributed by atoms with E-state index < -0.39 is 0 Å². The number of likely N-dealkylation sites (tertiary alicyclic amines) is 2. The number of hydrogen-bond acceptors (Lipinski definition) is 4. The van der Waals surface area contributed by atoms with E-state index in [0.717, 1.165) is 36.8 Å². The van der Waals surface area contributed by atoms with Crippen LogP contribution in [0.2, 0.25) is 0 Å². The van der Waals surface area contributed by atoms with Crippen molar-refractivity contribution in [2.75, 3.05) is 33.2 Å². The monoisotopic (exact) mass is 355 g/mol. The number of benzene rings is 1. The second-order valence-electron chi connectivity index (χ2n) is 7.21. The lowest BCUT2D eigenvalue weighted by atomic mass is 9.83. The van der Waals surface area contributed by atoms with Crippen molar-refractivity contribution in [3.05, 3.63) is 30.0 Å². The lowest BCUT2D eigenvalue weighted by molar-refractivity contribution is -0.140. The van der Waals surface area contributed by atoms with Crippen LogP contribution in [0.5, 0.6) is 0 Å². The number of hydrogen-bond donors (Lipinski definition) is 2. The van der Waals surface area contributed by atoms with Crippen LogP contribution in [0.15, 0.2) is 24.3 Å². The minimum atomic E-state index is -0.0143. The van der Waals surface area contributed by atoms with E-state index >= 15 is 0 Å². The van der Waals surface area contributed by atoms with Crippen LogP contribution in [0.3, 0.4) is 0 Å². The molecule has 2 amide bonds. The fourth-order valence-corrected chi connectivity index (χ4v) is 4.33. The molecule has 26 heavy (non-hydrogen) atoms. The number of carbonyl (C=O) groups excluding carboxylic acids is 2. The number of likely N-dealkylation sites (N-methyl/N-ethyl adjacent to an activating group) is 1. The molecule has 2 fully saturated rings. The second kappa shape index (κ2) is 7.07. The number of aromatic amines is 1. The van der Waals surface area contributed by atoms with Gasteiger partial charge in [-0.25, -0.2) is 0 Å². The van der Waals surface area contributed by atoms with E-state index in [2.05, 4.69) is 15.5 Å². The standard InChI is InChI=1S/C19H25N5O2/c1-20-9-11-24-16-8-10-23(12-13(16)6-7-17(24)25)19(26)18-14-4-2-3-5-15(14)21-22-18/h2-5,13,16,20H,6-12H2,1H3,(H,21,22)/t13-,16+/m0/s1. The Hall–Kier alpha value is -2.41. The second-order valence-corrected chi connectivity index (χ2v) is 7.21. The van der Waals surface area contributed by atoms with Crippen molar-refractivity contribution in [1.29, 1.82) is 0 Å². The van der Waals surface area contributed by atoms with Crippen LogP contribution >= 0.6 is 0 Å². The van der Waals surface area contributed by atoms with Crippen molar-refractivity contribution in [1.82, 2.24) is 25.3 Å². The molecular formula is C19H25N5O2. The Labute approximate surface area is 152 Å². The number of fused-ring (bicyclic) bond motifs is 2. The van der Waals surface area contributed by atoms with Crippen LogP contribution in [0, 0.1) is 5.92 Å². The molecule has 2 N–H and O–H groups in total. The number of piperidine rings is 2. The van der Waals surface area contributed by atoms with Crippen LogP contribution in [0.25, 0.3) is 10.9 Å². The molecular weight excluding hydrogens is 330 g/mol. The third-order valence-electron chi connectivity index (χ3n) is 5.71. The topological polar surface area (TPSA) is 81.3 Å². The van der Waals surface area contributed by atoms with Gasteiger partial charge in [0.05, 0.1) is 5.52 Å². The summed E-state index contributed by atoms with van der Waals surface area (Å²) in [7, 11) is 1.90. The fourth-order valence-electron chi connectivity index (χ4n) is 4.33. The van der Waals surface area contributed by atoms with Gasteiger partial charge in [-0.05, 0) is 31.9 Å². The molecule has 0 radical (unpaired) electrons. The van der Waals surface area contributed by atoms with Crippen molar-refractivity contribution in [3.63, 3.8) is 0 Å². The zero-order valence-electron chi connectivity index (χ0n) is 15.1. The molecule has 2 aromatic rings. The molecule has 2 saturated heterocycles. The Morgan fingerprint density at radius 3 is 3.04 bits per heavy atom. The normalized spacial score (nSPS) is 23.3. The molecule has 7 nitrogen and oxygen atoms in total. The molecule has 0 unspecified atom stereocenters. The van der Waals surface area contributed by atoms with E-state index in [-0.39, 0.29) is 17.9 Å². The predicted molar refractivity (Wildman–Crippen MR) is 98.8 cm³/mol. The Bertz CT molecular complexity index is 817. The van der Waals surface area contributed by atoms with E-state index in [0.29, 0.717) is 31.1 Å². The number of nitrogens with zero attached hydrogens (tertiary/aromatic N) is 3. The maximum Gasteiger partial charge on any atom is 0.275 e. The zero-order valence-corrected chi connectivity index (χ0v) is 15.1. The summed E-state index contributed by atoms with van der Waals surface area (Å²) in [4.78, 5) is 29.3. The third kappa shape index (κ3) is 2.96. The van der Waals surface area contributed by atoms with Crippen LogP contribution in [-0.2, 0) is 4.79 Å². The molecule has 0 bridgehead atoms. The highest BCUT2D eigenvalue weighted by Crippen LogP contribution is 2.32. The van der Waals surface area contributed by atoms with Crippen LogP contribution in [0.1, 0.15) is 29.8 Å². The number of rotatable bonds is 4. The van der Waals surface area contributed by atoms with Gasteiger partial charge in [0.15, 0.2) is 5.69 Å².